The number of nitrogens with one attached hydrogen (secondary N) is 1. The molecule has 5 nitrogen and oxygen atoms in total. The second-order valence-electron chi connectivity index (χ2n) is 6.22. The molecule has 0 fully saturated rings. The van der Waals surface area contributed by atoms with Gasteiger partial charge in [0.05, 0.1) is 11.9 Å². The summed E-state index contributed by atoms with van der Waals surface area (Å²) < 4.78 is 1.84. The van der Waals surface area contributed by atoms with Crippen LogP contribution in [0.1, 0.15) is 30.9 Å². The molecule has 0 saturated carbocycles. The number of rotatable bonds is 5. The molecule has 3 rings (SSSR count). The molecular weight excluding hydrogens is 342 g/mol. The molecule has 0 amide bonds. The van der Waals surface area contributed by atoms with E-state index in [2.05, 4.69) is 48.6 Å². The van der Waals surface area contributed by atoms with Crippen LogP contribution in [0, 0.1) is 0 Å². The van der Waals surface area contributed by atoms with Crippen molar-refractivity contribution in [2.45, 2.75) is 19.8 Å². The molecule has 0 unspecified atom stereocenters. The Morgan fingerprint density at radius 2 is 1.85 bits per heavy atom. The van der Waals surface area contributed by atoms with E-state index >= 15 is 0 Å². The molecule has 26 heavy (non-hydrogen) atoms. The van der Waals surface area contributed by atoms with Crippen molar-refractivity contribution in [2.75, 3.05) is 0 Å². The summed E-state index contributed by atoms with van der Waals surface area (Å²) in [5.41, 5.74) is 13.0. The van der Waals surface area contributed by atoms with E-state index in [-0.39, 0.29) is 5.11 Å². The van der Waals surface area contributed by atoms with Crippen molar-refractivity contribution in [1.29, 1.82) is 0 Å². The predicted molar refractivity (Wildman–Crippen MR) is 111 cm³/mol. The molecule has 0 aliphatic carbocycles. The van der Waals surface area contributed by atoms with Crippen LogP contribution in [-0.4, -0.2) is 21.1 Å². The van der Waals surface area contributed by atoms with Crippen molar-refractivity contribution < 1.29 is 0 Å². The first-order chi connectivity index (χ1) is 12.5. The van der Waals surface area contributed by atoms with E-state index in [1.807, 2.05) is 41.2 Å². The van der Waals surface area contributed by atoms with Crippen LogP contribution < -0.4 is 11.2 Å². The minimum absolute atomic E-state index is 0.125. The smallest absolute Gasteiger partial charge is 0.184 e. The number of thiocarbonyl (C=S) groups is 1. The van der Waals surface area contributed by atoms with Gasteiger partial charge in [-0.25, -0.2) is 4.68 Å². The van der Waals surface area contributed by atoms with Gasteiger partial charge in [0.2, 0.25) is 0 Å². The SMILES string of the molecule is CC(C)c1ccc(-c2nn(-c3ccccc3)cc2C=NNC(N)=S)cc1. The van der Waals surface area contributed by atoms with Gasteiger partial charge in [-0.15, -0.1) is 0 Å². The summed E-state index contributed by atoms with van der Waals surface area (Å²) in [4.78, 5) is 0. The van der Waals surface area contributed by atoms with Crippen LogP contribution in [0.15, 0.2) is 65.9 Å². The number of nitrogens with two attached hydrogens (primary N) is 1. The third-order valence-electron chi connectivity index (χ3n) is 3.99. The molecule has 1 heterocycles. The van der Waals surface area contributed by atoms with Gasteiger partial charge in [0.15, 0.2) is 5.11 Å². The Kier molecular flexibility index (Phi) is 5.43. The Hall–Kier alpha value is -2.99. The second-order valence-corrected chi connectivity index (χ2v) is 6.66. The molecule has 3 N–H and O–H groups in total. The third kappa shape index (κ3) is 4.15. The number of aromatic nitrogens is 2. The normalized spacial score (nSPS) is 11.2. The average Bonchev–Trinajstić information content (AvgIpc) is 3.06. The average molecular weight is 363 g/mol. The number of hydrazone groups is 1. The predicted octanol–water partition coefficient (Wildman–Crippen LogP) is 3.83. The van der Waals surface area contributed by atoms with Crippen molar-refractivity contribution in [3.05, 3.63) is 71.9 Å². The van der Waals surface area contributed by atoms with Crippen molar-refractivity contribution in [1.82, 2.24) is 15.2 Å². The minimum atomic E-state index is 0.125. The van der Waals surface area contributed by atoms with Crippen LogP contribution in [0.2, 0.25) is 0 Å². The molecule has 0 saturated heterocycles. The summed E-state index contributed by atoms with van der Waals surface area (Å²) in [5.74, 6) is 0.488. The van der Waals surface area contributed by atoms with Gasteiger partial charge in [-0.3, -0.25) is 5.43 Å². The Morgan fingerprint density at radius 3 is 2.46 bits per heavy atom. The van der Waals surface area contributed by atoms with E-state index in [0.717, 1.165) is 22.5 Å². The molecule has 0 atom stereocenters. The molecular formula is C20H21N5S. The molecule has 0 radical (unpaired) electrons. The van der Waals surface area contributed by atoms with E-state index in [1.54, 1.807) is 6.21 Å². The van der Waals surface area contributed by atoms with Crippen LogP contribution in [0.25, 0.3) is 16.9 Å². The lowest BCUT2D eigenvalue weighted by Crippen LogP contribution is -2.24. The fraction of sp³-hybridized carbons (Fsp3) is 0.150. The monoisotopic (exact) mass is 363 g/mol. The Labute approximate surface area is 158 Å². The maximum atomic E-state index is 5.43. The summed E-state index contributed by atoms with van der Waals surface area (Å²) in [6, 6.07) is 18.4. The lowest BCUT2D eigenvalue weighted by molar-refractivity contribution is 0.866. The van der Waals surface area contributed by atoms with Crippen LogP contribution in [0.4, 0.5) is 0 Å². The highest BCUT2D eigenvalue weighted by atomic mass is 32.1. The fourth-order valence-electron chi connectivity index (χ4n) is 2.61. The number of hydrogen-bond acceptors (Lipinski definition) is 3. The highest BCUT2D eigenvalue weighted by Gasteiger charge is 2.11. The standard InChI is InChI=1S/C20H21N5S/c1-14(2)15-8-10-16(11-9-15)19-17(12-22-23-20(21)26)13-25(24-19)18-6-4-3-5-7-18/h3-14H,1-2H3,(H3,21,23,26). The van der Waals surface area contributed by atoms with Crippen LogP contribution in [0.3, 0.4) is 0 Å². The zero-order chi connectivity index (χ0) is 18.5. The molecule has 2 aromatic carbocycles. The number of nitrogens with zero attached hydrogens (tertiary/aromatic N) is 3. The van der Waals surface area contributed by atoms with Gasteiger partial charge in [-0.2, -0.15) is 10.2 Å². The first-order valence-electron chi connectivity index (χ1n) is 8.38. The van der Waals surface area contributed by atoms with Crippen LogP contribution >= 0.6 is 12.2 Å². The van der Waals surface area contributed by atoms with Crippen molar-refractivity contribution in [3.8, 4) is 16.9 Å². The Morgan fingerprint density at radius 1 is 1.15 bits per heavy atom. The first kappa shape index (κ1) is 17.8. The molecule has 0 aliphatic heterocycles. The fourth-order valence-corrected chi connectivity index (χ4v) is 2.66. The topological polar surface area (TPSA) is 68.2 Å². The molecule has 3 aromatic rings. The number of para-hydroxylation sites is 1. The first-order valence-corrected chi connectivity index (χ1v) is 8.79. The van der Waals surface area contributed by atoms with Crippen molar-refractivity contribution in [2.24, 2.45) is 10.8 Å². The van der Waals surface area contributed by atoms with E-state index in [0.29, 0.717) is 5.92 Å². The maximum absolute atomic E-state index is 5.43. The van der Waals surface area contributed by atoms with E-state index in [1.165, 1.54) is 5.56 Å². The zero-order valence-corrected chi connectivity index (χ0v) is 15.6. The quantitative estimate of drug-likeness (QED) is 0.411. The maximum Gasteiger partial charge on any atom is 0.184 e. The Balaban J connectivity index is 2.02. The minimum Gasteiger partial charge on any atom is -0.375 e. The molecule has 0 spiro atoms. The third-order valence-corrected chi connectivity index (χ3v) is 4.08. The lowest BCUT2D eigenvalue weighted by Gasteiger charge is -2.06. The molecule has 132 valence electrons. The summed E-state index contributed by atoms with van der Waals surface area (Å²) in [7, 11) is 0. The van der Waals surface area contributed by atoms with E-state index in [4.69, 9.17) is 23.1 Å². The largest absolute Gasteiger partial charge is 0.375 e. The summed E-state index contributed by atoms with van der Waals surface area (Å²) in [5, 5.41) is 8.97. The Bertz CT molecular complexity index is 911. The molecule has 0 bridgehead atoms. The van der Waals surface area contributed by atoms with Crippen LogP contribution in [-0.2, 0) is 0 Å². The van der Waals surface area contributed by atoms with E-state index < -0.39 is 0 Å². The van der Waals surface area contributed by atoms with Gasteiger partial charge in [0, 0.05) is 17.3 Å². The number of hydrogen-bond donors (Lipinski definition) is 2. The van der Waals surface area contributed by atoms with Gasteiger partial charge in [0.1, 0.15) is 5.69 Å². The van der Waals surface area contributed by atoms with Gasteiger partial charge in [-0.1, -0.05) is 56.3 Å². The zero-order valence-electron chi connectivity index (χ0n) is 14.8. The van der Waals surface area contributed by atoms with Gasteiger partial charge >= 0.3 is 0 Å². The van der Waals surface area contributed by atoms with Crippen LogP contribution in [0.5, 0.6) is 0 Å². The van der Waals surface area contributed by atoms with Crippen molar-refractivity contribution in [3.63, 3.8) is 0 Å². The lowest BCUT2D eigenvalue weighted by atomic mass is 10.00. The highest BCUT2D eigenvalue weighted by molar-refractivity contribution is 7.80. The van der Waals surface area contributed by atoms with Gasteiger partial charge in [0.25, 0.3) is 0 Å². The molecule has 6 heteroatoms. The second kappa shape index (κ2) is 7.93. The summed E-state index contributed by atoms with van der Waals surface area (Å²) in [6.45, 7) is 4.36. The van der Waals surface area contributed by atoms with E-state index in [9.17, 15) is 0 Å². The molecule has 0 aliphatic rings. The van der Waals surface area contributed by atoms with Gasteiger partial charge in [-0.05, 0) is 35.8 Å². The van der Waals surface area contributed by atoms with Gasteiger partial charge < -0.3 is 5.73 Å². The van der Waals surface area contributed by atoms with Crippen molar-refractivity contribution >= 4 is 23.5 Å². The number of benzene rings is 2. The molecule has 1 aromatic heterocycles. The summed E-state index contributed by atoms with van der Waals surface area (Å²) >= 11 is 4.79. The summed E-state index contributed by atoms with van der Waals surface area (Å²) in [6.07, 6.45) is 3.61. The highest BCUT2D eigenvalue weighted by Crippen LogP contribution is 2.25.